The number of para-hydroxylation sites is 2. The number of rotatable bonds is 3. The number of hydrogen-bond donors (Lipinski definition) is 1. The fourth-order valence-electron chi connectivity index (χ4n) is 3.94. The van der Waals surface area contributed by atoms with E-state index in [2.05, 4.69) is 15.3 Å². The molecule has 0 radical (unpaired) electrons. The zero-order valence-electron chi connectivity index (χ0n) is 14.9. The normalized spacial score (nSPS) is 25.2. The second kappa shape index (κ2) is 8.29. The molecule has 1 aromatic heterocycles. The Morgan fingerprint density at radius 2 is 2.12 bits per heavy atom. The molecule has 7 heteroatoms. The quantitative estimate of drug-likeness (QED) is 0.889. The third-order valence-corrected chi connectivity index (χ3v) is 5.25. The molecular weight excluding hydrogens is 352 g/mol. The van der Waals surface area contributed by atoms with Crippen LogP contribution in [0, 0.1) is 5.92 Å². The fourth-order valence-corrected chi connectivity index (χ4v) is 3.94. The van der Waals surface area contributed by atoms with E-state index in [0.29, 0.717) is 12.6 Å². The Morgan fingerprint density at radius 3 is 2.96 bits per heavy atom. The van der Waals surface area contributed by atoms with Crippen LogP contribution in [-0.4, -0.2) is 53.1 Å². The molecule has 0 unspecified atom stereocenters. The summed E-state index contributed by atoms with van der Waals surface area (Å²) in [6, 6.07) is 8.10. The molecule has 26 heavy (non-hydrogen) atoms. The molecule has 6 nitrogen and oxygen atoms in total. The molecule has 4 rings (SSSR count). The Hall–Kier alpha value is -1.76. The maximum absolute atomic E-state index is 12.8. The molecule has 1 aliphatic carbocycles. The first-order chi connectivity index (χ1) is 12.2. The van der Waals surface area contributed by atoms with Crippen LogP contribution in [-0.2, 0) is 16.1 Å². The van der Waals surface area contributed by atoms with Crippen molar-refractivity contribution >= 4 is 29.3 Å². The van der Waals surface area contributed by atoms with Crippen molar-refractivity contribution < 1.29 is 9.53 Å². The van der Waals surface area contributed by atoms with Crippen LogP contribution in [0.15, 0.2) is 30.5 Å². The van der Waals surface area contributed by atoms with Gasteiger partial charge in [-0.3, -0.25) is 9.78 Å². The van der Waals surface area contributed by atoms with E-state index in [-0.39, 0.29) is 30.3 Å². The van der Waals surface area contributed by atoms with Crippen molar-refractivity contribution in [3.05, 3.63) is 36.2 Å². The maximum atomic E-state index is 12.8. The van der Waals surface area contributed by atoms with Crippen LogP contribution in [0.3, 0.4) is 0 Å². The molecule has 2 heterocycles. The summed E-state index contributed by atoms with van der Waals surface area (Å²) < 4.78 is 5.80. The molecule has 0 spiro atoms. The van der Waals surface area contributed by atoms with Crippen LogP contribution in [0.1, 0.15) is 25.0 Å². The lowest BCUT2D eigenvalue weighted by Crippen LogP contribution is -2.53. The SMILES string of the molecule is CN(Cc1cnc2ccccc2n1)C(=O)[C@H]1CC[C@H]2OCCN[C@@H]2C1.Cl. The zero-order chi connectivity index (χ0) is 17.2. The van der Waals surface area contributed by atoms with Gasteiger partial charge in [0.15, 0.2) is 0 Å². The maximum Gasteiger partial charge on any atom is 0.225 e. The number of carbonyl (C=O) groups excluding carboxylic acids is 1. The van der Waals surface area contributed by atoms with E-state index in [4.69, 9.17) is 4.74 Å². The number of nitrogens with zero attached hydrogens (tertiary/aromatic N) is 3. The van der Waals surface area contributed by atoms with Crippen molar-refractivity contribution in [1.29, 1.82) is 0 Å². The molecular formula is C19H25ClN4O2. The number of carbonyl (C=O) groups is 1. The van der Waals surface area contributed by atoms with E-state index in [1.54, 1.807) is 11.1 Å². The van der Waals surface area contributed by atoms with Gasteiger partial charge in [0.1, 0.15) is 0 Å². The highest BCUT2D eigenvalue weighted by Gasteiger charge is 2.36. The first-order valence-electron chi connectivity index (χ1n) is 9.01. The Kier molecular flexibility index (Phi) is 6.06. The molecule has 1 saturated carbocycles. The first kappa shape index (κ1) is 19.0. The average Bonchev–Trinajstić information content (AvgIpc) is 2.67. The first-order valence-corrected chi connectivity index (χ1v) is 9.01. The Labute approximate surface area is 159 Å². The van der Waals surface area contributed by atoms with Crippen molar-refractivity contribution in [2.24, 2.45) is 5.92 Å². The third kappa shape index (κ3) is 3.98. The minimum atomic E-state index is 0. The average molecular weight is 377 g/mol. The van der Waals surface area contributed by atoms with E-state index in [1.165, 1.54) is 0 Å². The van der Waals surface area contributed by atoms with Gasteiger partial charge in [-0.05, 0) is 31.4 Å². The van der Waals surface area contributed by atoms with Crippen LogP contribution in [0.5, 0.6) is 0 Å². The summed E-state index contributed by atoms with van der Waals surface area (Å²) in [5.74, 6) is 0.259. The second-order valence-corrected chi connectivity index (χ2v) is 7.02. The van der Waals surface area contributed by atoms with E-state index in [0.717, 1.165) is 49.1 Å². The highest BCUT2D eigenvalue weighted by Crippen LogP contribution is 2.29. The molecule has 1 saturated heterocycles. The molecule has 3 atom stereocenters. The highest BCUT2D eigenvalue weighted by molar-refractivity contribution is 5.85. The van der Waals surface area contributed by atoms with Crippen molar-refractivity contribution in [1.82, 2.24) is 20.2 Å². The summed E-state index contributed by atoms with van der Waals surface area (Å²) in [4.78, 5) is 23.7. The Balaban J connectivity index is 0.00000196. The number of nitrogens with one attached hydrogen (secondary N) is 1. The molecule has 140 valence electrons. The topological polar surface area (TPSA) is 67.4 Å². The highest BCUT2D eigenvalue weighted by atomic mass is 35.5. The van der Waals surface area contributed by atoms with Crippen LogP contribution < -0.4 is 5.32 Å². The summed E-state index contributed by atoms with van der Waals surface area (Å²) >= 11 is 0. The van der Waals surface area contributed by atoms with E-state index < -0.39 is 0 Å². The number of morpholine rings is 1. The van der Waals surface area contributed by atoms with Crippen LogP contribution in [0.4, 0.5) is 0 Å². The van der Waals surface area contributed by atoms with Gasteiger partial charge in [0.05, 0.1) is 42.2 Å². The molecule has 1 N–H and O–H groups in total. The molecule has 2 aliphatic rings. The fraction of sp³-hybridized carbons (Fsp3) is 0.526. The Bertz CT molecular complexity index is 772. The standard InChI is InChI=1S/C19H24N4O2.ClH/c1-23(12-14-11-21-15-4-2-3-5-16(15)22-14)19(24)13-6-7-18-17(10-13)20-8-9-25-18;/h2-5,11,13,17-18,20H,6-10,12H2,1H3;1H/t13-,17+,18+;/m0./s1. The lowest BCUT2D eigenvalue weighted by Gasteiger charge is -2.40. The number of benzene rings is 1. The Morgan fingerprint density at radius 1 is 1.31 bits per heavy atom. The molecule has 1 aliphatic heterocycles. The summed E-state index contributed by atoms with van der Waals surface area (Å²) in [6.07, 6.45) is 4.75. The lowest BCUT2D eigenvalue weighted by molar-refractivity contribution is -0.138. The molecule has 1 aromatic carbocycles. The largest absolute Gasteiger partial charge is 0.375 e. The van der Waals surface area contributed by atoms with Crippen LogP contribution >= 0.6 is 12.4 Å². The number of ether oxygens (including phenoxy) is 1. The van der Waals surface area contributed by atoms with Crippen LogP contribution in [0.2, 0.25) is 0 Å². The predicted molar refractivity (Wildman–Crippen MR) is 102 cm³/mol. The van der Waals surface area contributed by atoms with Crippen molar-refractivity contribution in [2.45, 2.75) is 38.0 Å². The van der Waals surface area contributed by atoms with Gasteiger partial charge in [0.2, 0.25) is 5.91 Å². The van der Waals surface area contributed by atoms with Gasteiger partial charge in [0.25, 0.3) is 0 Å². The van der Waals surface area contributed by atoms with Crippen molar-refractivity contribution in [3.63, 3.8) is 0 Å². The summed E-state index contributed by atoms with van der Waals surface area (Å²) in [5.41, 5.74) is 2.56. The van der Waals surface area contributed by atoms with E-state index in [1.807, 2.05) is 31.3 Å². The lowest BCUT2D eigenvalue weighted by atomic mass is 9.82. The minimum absolute atomic E-state index is 0. The number of fused-ring (bicyclic) bond motifs is 2. The number of aromatic nitrogens is 2. The smallest absolute Gasteiger partial charge is 0.225 e. The molecule has 2 fully saturated rings. The van der Waals surface area contributed by atoms with E-state index >= 15 is 0 Å². The monoisotopic (exact) mass is 376 g/mol. The van der Waals surface area contributed by atoms with Gasteiger partial charge in [0, 0.05) is 25.6 Å². The van der Waals surface area contributed by atoms with Gasteiger partial charge in [-0.15, -0.1) is 12.4 Å². The van der Waals surface area contributed by atoms with Crippen LogP contribution in [0.25, 0.3) is 11.0 Å². The van der Waals surface area contributed by atoms with Gasteiger partial charge >= 0.3 is 0 Å². The number of hydrogen-bond acceptors (Lipinski definition) is 5. The van der Waals surface area contributed by atoms with Gasteiger partial charge in [-0.25, -0.2) is 4.98 Å². The predicted octanol–water partition coefficient (Wildman–Crippen LogP) is 2.17. The second-order valence-electron chi connectivity index (χ2n) is 7.02. The summed E-state index contributed by atoms with van der Waals surface area (Å²) in [6.45, 7) is 2.15. The third-order valence-electron chi connectivity index (χ3n) is 5.25. The van der Waals surface area contributed by atoms with Crippen molar-refractivity contribution in [3.8, 4) is 0 Å². The number of halogens is 1. The van der Waals surface area contributed by atoms with Gasteiger partial charge < -0.3 is 15.0 Å². The summed E-state index contributed by atoms with van der Waals surface area (Å²) in [5, 5.41) is 3.50. The van der Waals surface area contributed by atoms with Gasteiger partial charge in [-0.1, -0.05) is 12.1 Å². The summed E-state index contributed by atoms with van der Waals surface area (Å²) in [7, 11) is 1.86. The van der Waals surface area contributed by atoms with Gasteiger partial charge in [-0.2, -0.15) is 0 Å². The van der Waals surface area contributed by atoms with E-state index in [9.17, 15) is 4.79 Å². The molecule has 0 bridgehead atoms. The minimum Gasteiger partial charge on any atom is -0.375 e. The molecule has 1 amide bonds. The zero-order valence-corrected chi connectivity index (χ0v) is 15.7. The van der Waals surface area contributed by atoms with Crippen molar-refractivity contribution in [2.75, 3.05) is 20.2 Å². The number of amides is 1. The molecule has 2 aromatic rings.